The Hall–Kier alpha value is -1.26. The highest BCUT2D eigenvalue weighted by molar-refractivity contribution is 5.78. The normalized spacial score (nSPS) is 16.5. The topological polar surface area (TPSA) is 84.7 Å². The quantitative estimate of drug-likeness (QED) is 0.448. The van der Waals surface area contributed by atoms with Crippen LogP contribution in [0.15, 0.2) is 4.99 Å². The first-order valence-electron chi connectivity index (χ1n) is 4.50. The van der Waals surface area contributed by atoms with Crippen LogP contribution in [0.3, 0.4) is 0 Å². The molecule has 0 radical (unpaired) electrons. The Morgan fingerprint density at radius 2 is 2.15 bits per heavy atom. The predicted molar refractivity (Wildman–Crippen MR) is 51.1 cm³/mol. The van der Waals surface area contributed by atoms with Crippen LogP contribution in [0.5, 0.6) is 0 Å². The molecule has 1 fully saturated rings. The molecule has 0 saturated carbocycles. The highest BCUT2D eigenvalue weighted by Crippen LogP contribution is 2.13. The molecule has 5 heteroatoms. The molecule has 74 valence electrons. The number of nitrogens with two attached hydrogens (primary N) is 2. The number of carbonyl (C=O) groups excluding carboxylic acids is 1. The van der Waals surface area contributed by atoms with E-state index in [4.69, 9.17) is 11.5 Å². The first kappa shape index (κ1) is 9.83. The van der Waals surface area contributed by atoms with Crippen molar-refractivity contribution in [1.82, 2.24) is 4.90 Å². The van der Waals surface area contributed by atoms with Crippen LogP contribution in [-0.4, -0.2) is 35.9 Å². The number of likely N-dealkylation sites (tertiary alicyclic amines) is 1. The van der Waals surface area contributed by atoms with Crippen LogP contribution >= 0.6 is 0 Å². The van der Waals surface area contributed by atoms with Gasteiger partial charge in [-0.05, 0) is 6.42 Å². The molecule has 0 atom stereocenters. The van der Waals surface area contributed by atoms with Crippen LogP contribution < -0.4 is 11.5 Å². The van der Waals surface area contributed by atoms with Gasteiger partial charge in [-0.2, -0.15) is 0 Å². The van der Waals surface area contributed by atoms with Gasteiger partial charge in [-0.25, -0.2) is 4.99 Å². The lowest BCUT2D eigenvalue weighted by Crippen LogP contribution is -2.53. The smallest absolute Gasteiger partial charge is 0.222 e. The van der Waals surface area contributed by atoms with Crippen molar-refractivity contribution in [3.05, 3.63) is 0 Å². The summed E-state index contributed by atoms with van der Waals surface area (Å²) in [6, 6.07) is 0.116. The number of rotatable bonds is 3. The zero-order valence-electron chi connectivity index (χ0n) is 7.86. The van der Waals surface area contributed by atoms with Crippen LogP contribution in [0.4, 0.5) is 0 Å². The maximum absolute atomic E-state index is 11.3. The second-order valence-corrected chi connectivity index (χ2v) is 3.26. The van der Waals surface area contributed by atoms with E-state index in [1.165, 1.54) is 0 Å². The average Bonchev–Trinajstić information content (AvgIpc) is 1.95. The second-order valence-electron chi connectivity index (χ2n) is 3.26. The Labute approximate surface area is 77.8 Å². The summed E-state index contributed by atoms with van der Waals surface area (Å²) in [5.74, 6) is 0.303. The third kappa shape index (κ3) is 2.61. The van der Waals surface area contributed by atoms with Crippen LogP contribution in [0, 0.1) is 0 Å². The van der Waals surface area contributed by atoms with Crippen molar-refractivity contribution in [2.45, 2.75) is 25.8 Å². The van der Waals surface area contributed by atoms with E-state index in [2.05, 4.69) is 4.99 Å². The molecule has 13 heavy (non-hydrogen) atoms. The van der Waals surface area contributed by atoms with Gasteiger partial charge in [-0.3, -0.25) is 4.79 Å². The molecule has 1 aliphatic rings. The fourth-order valence-corrected chi connectivity index (χ4v) is 1.32. The SMILES string of the molecule is CCCC(=O)N1CC(N=C(N)N)C1. The van der Waals surface area contributed by atoms with Gasteiger partial charge in [0.15, 0.2) is 5.96 Å². The molecule has 1 heterocycles. The minimum atomic E-state index is 0.104. The fraction of sp³-hybridized carbons (Fsp3) is 0.750. The van der Waals surface area contributed by atoms with Gasteiger partial charge in [0.1, 0.15) is 0 Å². The van der Waals surface area contributed by atoms with Crippen LogP contribution in [-0.2, 0) is 4.79 Å². The van der Waals surface area contributed by atoms with Gasteiger partial charge in [0.25, 0.3) is 0 Å². The summed E-state index contributed by atoms with van der Waals surface area (Å²) < 4.78 is 0. The van der Waals surface area contributed by atoms with E-state index in [1.807, 2.05) is 6.92 Å². The number of amides is 1. The Morgan fingerprint density at radius 3 is 2.62 bits per heavy atom. The van der Waals surface area contributed by atoms with E-state index in [1.54, 1.807) is 4.90 Å². The van der Waals surface area contributed by atoms with Gasteiger partial charge in [0, 0.05) is 19.5 Å². The van der Waals surface area contributed by atoms with Crippen molar-refractivity contribution in [2.75, 3.05) is 13.1 Å². The van der Waals surface area contributed by atoms with Gasteiger partial charge in [-0.15, -0.1) is 0 Å². The first-order chi connectivity index (χ1) is 6.13. The fourth-order valence-electron chi connectivity index (χ4n) is 1.32. The summed E-state index contributed by atoms with van der Waals surface area (Å²) in [6.07, 6.45) is 1.51. The van der Waals surface area contributed by atoms with Crippen molar-refractivity contribution in [2.24, 2.45) is 16.5 Å². The van der Waals surface area contributed by atoms with Crippen LogP contribution in [0.1, 0.15) is 19.8 Å². The van der Waals surface area contributed by atoms with E-state index < -0.39 is 0 Å². The largest absolute Gasteiger partial charge is 0.370 e. The Kier molecular flexibility index (Phi) is 3.11. The molecule has 1 rings (SSSR count). The Bertz CT molecular complexity index is 216. The summed E-state index contributed by atoms with van der Waals surface area (Å²) in [5, 5.41) is 0. The summed E-state index contributed by atoms with van der Waals surface area (Å²) in [6.45, 7) is 3.32. The van der Waals surface area contributed by atoms with E-state index in [0.29, 0.717) is 19.5 Å². The average molecular weight is 184 g/mol. The van der Waals surface area contributed by atoms with Gasteiger partial charge in [0.05, 0.1) is 6.04 Å². The maximum atomic E-state index is 11.3. The molecule has 0 aliphatic carbocycles. The molecule has 0 aromatic heterocycles. The summed E-state index contributed by atoms with van der Waals surface area (Å²) in [5.41, 5.74) is 10.4. The van der Waals surface area contributed by atoms with Crippen LogP contribution in [0.25, 0.3) is 0 Å². The molecule has 1 amide bonds. The van der Waals surface area contributed by atoms with Crippen molar-refractivity contribution >= 4 is 11.9 Å². The number of hydrogen-bond acceptors (Lipinski definition) is 2. The predicted octanol–water partition coefficient (Wildman–Crippen LogP) is -0.729. The molecule has 5 nitrogen and oxygen atoms in total. The molecule has 0 aromatic rings. The molecule has 0 bridgehead atoms. The summed E-state index contributed by atoms with van der Waals surface area (Å²) in [4.78, 5) is 17.0. The monoisotopic (exact) mass is 184 g/mol. The van der Waals surface area contributed by atoms with Crippen molar-refractivity contribution < 1.29 is 4.79 Å². The molecule has 0 unspecified atom stereocenters. The lowest BCUT2D eigenvalue weighted by Gasteiger charge is -2.36. The molecule has 0 aromatic carbocycles. The summed E-state index contributed by atoms with van der Waals surface area (Å²) >= 11 is 0. The van der Waals surface area contributed by atoms with Crippen LogP contribution in [0.2, 0.25) is 0 Å². The van der Waals surface area contributed by atoms with Crippen molar-refractivity contribution in [3.63, 3.8) is 0 Å². The molecular weight excluding hydrogens is 168 g/mol. The zero-order valence-corrected chi connectivity index (χ0v) is 7.86. The lowest BCUT2D eigenvalue weighted by molar-refractivity contribution is -0.135. The molecule has 1 saturated heterocycles. The number of hydrogen-bond donors (Lipinski definition) is 2. The maximum Gasteiger partial charge on any atom is 0.222 e. The standard InChI is InChI=1S/C8H16N4O/c1-2-3-7(13)12-4-6(5-12)11-8(9)10/h6H,2-5H2,1H3,(H4,9,10,11). The zero-order chi connectivity index (χ0) is 9.84. The first-order valence-corrected chi connectivity index (χ1v) is 4.50. The van der Waals surface area contributed by atoms with E-state index in [0.717, 1.165) is 6.42 Å². The van der Waals surface area contributed by atoms with Gasteiger partial charge >= 0.3 is 0 Å². The van der Waals surface area contributed by atoms with Gasteiger partial charge in [0.2, 0.25) is 5.91 Å². The third-order valence-electron chi connectivity index (χ3n) is 2.01. The van der Waals surface area contributed by atoms with E-state index >= 15 is 0 Å². The molecule has 1 aliphatic heterocycles. The van der Waals surface area contributed by atoms with Crippen molar-refractivity contribution in [3.8, 4) is 0 Å². The van der Waals surface area contributed by atoms with Crippen molar-refractivity contribution in [1.29, 1.82) is 0 Å². The van der Waals surface area contributed by atoms with E-state index in [-0.39, 0.29) is 17.9 Å². The highest BCUT2D eigenvalue weighted by atomic mass is 16.2. The Balaban J connectivity index is 2.25. The number of nitrogens with zero attached hydrogens (tertiary/aromatic N) is 2. The van der Waals surface area contributed by atoms with E-state index in [9.17, 15) is 4.79 Å². The summed E-state index contributed by atoms with van der Waals surface area (Å²) in [7, 11) is 0. The number of aliphatic imine (C=N–C) groups is 1. The number of carbonyl (C=O) groups is 1. The molecule has 4 N–H and O–H groups in total. The molecular formula is C8H16N4O. The minimum absolute atomic E-state index is 0.104. The highest BCUT2D eigenvalue weighted by Gasteiger charge is 2.29. The minimum Gasteiger partial charge on any atom is -0.370 e. The molecule has 0 spiro atoms. The van der Waals surface area contributed by atoms with Gasteiger partial charge in [-0.1, -0.05) is 6.92 Å². The Morgan fingerprint density at radius 1 is 1.54 bits per heavy atom. The second kappa shape index (κ2) is 4.11. The lowest BCUT2D eigenvalue weighted by atomic mass is 10.1. The number of guanidine groups is 1. The third-order valence-corrected chi connectivity index (χ3v) is 2.01. The van der Waals surface area contributed by atoms with Gasteiger partial charge < -0.3 is 16.4 Å².